The van der Waals surface area contributed by atoms with Gasteiger partial charge in [0.1, 0.15) is 17.4 Å². The number of hydrogen-bond acceptors (Lipinski definition) is 8. The molecule has 1 aromatic carbocycles. The number of ether oxygens (including phenoxy) is 1. The van der Waals surface area contributed by atoms with Crippen LogP contribution in [-0.2, 0) is 11.2 Å². The summed E-state index contributed by atoms with van der Waals surface area (Å²) in [6.45, 7) is -2.10. The van der Waals surface area contributed by atoms with Gasteiger partial charge in [0, 0.05) is 6.54 Å². The lowest BCUT2D eigenvalue weighted by Gasteiger charge is -2.41. The van der Waals surface area contributed by atoms with Crippen molar-refractivity contribution in [1.82, 2.24) is 10.2 Å². The summed E-state index contributed by atoms with van der Waals surface area (Å²) in [6, 6.07) is 2.76. The third-order valence-electron chi connectivity index (χ3n) is 5.37. The van der Waals surface area contributed by atoms with Crippen LogP contribution in [0.1, 0.15) is 22.3 Å². The number of carbonyl (C=O) groups excluding carboxylic acids is 1. The fourth-order valence-electron chi connectivity index (χ4n) is 3.83. The van der Waals surface area contributed by atoms with E-state index in [4.69, 9.17) is 9.39 Å². The topological polar surface area (TPSA) is 149 Å². The molecule has 2 fully saturated rings. The summed E-state index contributed by atoms with van der Waals surface area (Å²) in [4.78, 5) is 25.7. The highest BCUT2D eigenvalue weighted by Crippen LogP contribution is 2.39. The molecule has 0 bridgehead atoms. The van der Waals surface area contributed by atoms with E-state index in [9.17, 15) is 29.9 Å². The van der Waals surface area contributed by atoms with Crippen LogP contribution in [0, 0.1) is 0 Å². The maximum absolute atomic E-state index is 12.3. The first kappa shape index (κ1) is 19.0. The molecule has 5 N–H and O–H groups in total. The predicted octanol–water partition coefficient (Wildman–Crippen LogP) is -1.44. The SMILES string of the molecule is O=C(O)c1c(OC2CN(C(=O)[C@@H]3C[C@@H](O)CN3)C2)ccc2c1O[B-](O)(O)CC2. The average Bonchev–Trinajstić information content (AvgIpc) is 3.02. The van der Waals surface area contributed by atoms with Gasteiger partial charge in [-0.2, -0.15) is 0 Å². The van der Waals surface area contributed by atoms with Crippen LogP contribution < -0.4 is 14.7 Å². The number of aliphatic hydroxyl groups excluding tert-OH is 1. The highest BCUT2D eigenvalue weighted by Gasteiger charge is 2.39. The number of rotatable bonds is 4. The van der Waals surface area contributed by atoms with Crippen molar-refractivity contribution in [3.63, 3.8) is 0 Å². The summed E-state index contributed by atoms with van der Waals surface area (Å²) in [5, 5.41) is 41.6. The molecular formula is C17H22BN2O8-. The van der Waals surface area contributed by atoms with Gasteiger partial charge in [-0.15, -0.1) is 0 Å². The molecule has 3 aliphatic rings. The summed E-state index contributed by atoms with van der Waals surface area (Å²) in [6.07, 6.45) is -0.251. The molecule has 2 saturated heterocycles. The Balaban J connectivity index is 1.45. The molecule has 0 aromatic heterocycles. The summed E-state index contributed by atoms with van der Waals surface area (Å²) in [7, 11) is 0. The number of carboxylic acid groups (broad SMARTS) is 1. The molecule has 1 aromatic rings. The van der Waals surface area contributed by atoms with E-state index in [1.165, 1.54) is 6.07 Å². The van der Waals surface area contributed by atoms with Crippen LogP contribution in [0.2, 0.25) is 6.32 Å². The number of β-amino-alcohol motifs (C(OH)–C–C–N with tert-alkyl or cyclic N) is 1. The van der Waals surface area contributed by atoms with Gasteiger partial charge in [0.25, 0.3) is 0 Å². The number of benzene rings is 1. The lowest BCUT2D eigenvalue weighted by atomic mass is 9.70. The average molecular weight is 393 g/mol. The number of aromatic carboxylic acids is 1. The van der Waals surface area contributed by atoms with Gasteiger partial charge in [0.05, 0.1) is 31.0 Å². The van der Waals surface area contributed by atoms with E-state index < -0.39 is 24.9 Å². The minimum Gasteiger partial charge on any atom is -0.669 e. The number of aryl methyl sites for hydroxylation is 1. The van der Waals surface area contributed by atoms with Crippen molar-refractivity contribution in [3.8, 4) is 11.5 Å². The number of nitrogens with one attached hydrogen (secondary N) is 1. The minimum atomic E-state index is -3.10. The number of aliphatic hydroxyl groups is 1. The third-order valence-corrected chi connectivity index (χ3v) is 5.37. The Morgan fingerprint density at radius 2 is 2.04 bits per heavy atom. The lowest BCUT2D eigenvalue weighted by molar-refractivity contribution is -0.142. The van der Waals surface area contributed by atoms with Gasteiger partial charge in [-0.3, -0.25) is 4.79 Å². The summed E-state index contributed by atoms with van der Waals surface area (Å²) >= 11 is 0. The van der Waals surface area contributed by atoms with E-state index in [0.29, 0.717) is 31.6 Å². The molecule has 0 unspecified atom stereocenters. The van der Waals surface area contributed by atoms with Gasteiger partial charge in [-0.05, 0) is 24.5 Å². The Morgan fingerprint density at radius 1 is 1.29 bits per heavy atom. The maximum Gasteiger partial charge on any atom is 0.430 e. The Hall–Kier alpha value is -2.34. The highest BCUT2D eigenvalue weighted by molar-refractivity contribution is 6.59. The van der Waals surface area contributed by atoms with Crippen molar-refractivity contribution in [1.29, 1.82) is 0 Å². The second-order valence-electron chi connectivity index (χ2n) is 7.58. The normalized spacial score (nSPS) is 26.2. The van der Waals surface area contributed by atoms with Crippen molar-refractivity contribution < 1.29 is 39.2 Å². The molecule has 3 aliphatic heterocycles. The first-order valence-corrected chi connectivity index (χ1v) is 9.29. The lowest BCUT2D eigenvalue weighted by Crippen LogP contribution is -2.59. The number of amides is 1. The molecule has 10 nitrogen and oxygen atoms in total. The van der Waals surface area contributed by atoms with Gasteiger partial charge in [0.15, 0.2) is 0 Å². The van der Waals surface area contributed by atoms with Crippen LogP contribution in [0.25, 0.3) is 0 Å². The largest absolute Gasteiger partial charge is 0.669 e. The smallest absolute Gasteiger partial charge is 0.430 e. The van der Waals surface area contributed by atoms with Gasteiger partial charge >= 0.3 is 12.7 Å². The molecule has 11 heteroatoms. The number of likely N-dealkylation sites (tertiary alicyclic amines) is 1. The fraction of sp³-hybridized carbons (Fsp3) is 0.529. The summed E-state index contributed by atoms with van der Waals surface area (Å²) < 4.78 is 10.9. The fourth-order valence-corrected chi connectivity index (χ4v) is 3.83. The maximum atomic E-state index is 12.3. The van der Waals surface area contributed by atoms with Gasteiger partial charge in [-0.25, -0.2) is 4.79 Å². The monoisotopic (exact) mass is 393 g/mol. The zero-order chi connectivity index (χ0) is 20.1. The molecule has 3 heterocycles. The van der Waals surface area contributed by atoms with Gasteiger partial charge in [-0.1, -0.05) is 12.4 Å². The molecule has 28 heavy (non-hydrogen) atoms. The first-order chi connectivity index (χ1) is 13.2. The van der Waals surface area contributed by atoms with Crippen LogP contribution >= 0.6 is 0 Å². The standard InChI is InChI=1S/C17H22BN2O8/c21-10-5-12(19-6-10)16(22)20-7-11(8-20)27-13-2-1-9-3-4-18(25,26)28-15(9)14(13)17(23)24/h1-2,10-12,19,21,25-26H,3-8H2,(H,23,24)/q-1/t10-,12+/m1/s1. The quantitative estimate of drug-likeness (QED) is 0.388. The second kappa shape index (κ2) is 6.92. The summed E-state index contributed by atoms with van der Waals surface area (Å²) in [5.74, 6) is -1.43. The van der Waals surface area contributed by atoms with Crippen molar-refractivity contribution in [3.05, 3.63) is 23.3 Å². The van der Waals surface area contributed by atoms with Gasteiger partial charge < -0.3 is 39.9 Å². The summed E-state index contributed by atoms with van der Waals surface area (Å²) in [5.41, 5.74) is 0.318. The van der Waals surface area contributed by atoms with E-state index in [1.54, 1.807) is 11.0 Å². The Kier molecular flexibility index (Phi) is 4.70. The molecular weight excluding hydrogens is 371 g/mol. The molecule has 1 amide bonds. The number of fused-ring (bicyclic) bond motifs is 1. The van der Waals surface area contributed by atoms with E-state index in [1.807, 2.05) is 0 Å². The zero-order valence-corrected chi connectivity index (χ0v) is 15.1. The number of carbonyl (C=O) groups is 2. The van der Waals surface area contributed by atoms with Crippen molar-refractivity contribution in [2.75, 3.05) is 19.6 Å². The van der Waals surface area contributed by atoms with Crippen LogP contribution in [0.4, 0.5) is 0 Å². The van der Waals surface area contributed by atoms with Crippen LogP contribution in [-0.4, -0.2) is 81.7 Å². The highest BCUT2D eigenvalue weighted by atomic mass is 16.6. The zero-order valence-electron chi connectivity index (χ0n) is 15.1. The molecule has 2 atom stereocenters. The van der Waals surface area contributed by atoms with E-state index in [2.05, 4.69) is 5.32 Å². The third kappa shape index (κ3) is 3.53. The predicted molar refractivity (Wildman–Crippen MR) is 96.1 cm³/mol. The van der Waals surface area contributed by atoms with Gasteiger partial charge in [0.2, 0.25) is 5.91 Å². The molecule has 0 saturated carbocycles. The molecule has 152 valence electrons. The number of hydrogen-bond donors (Lipinski definition) is 5. The van der Waals surface area contributed by atoms with Crippen LogP contribution in [0.5, 0.6) is 11.5 Å². The van der Waals surface area contributed by atoms with E-state index >= 15 is 0 Å². The van der Waals surface area contributed by atoms with Crippen molar-refractivity contribution >= 4 is 18.6 Å². The first-order valence-electron chi connectivity index (χ1n) is 9.29. The number of carboxylic acids is 1. The molecule has 0 aliphatic carbocycles. The molecule has 0 radical (unpaired) electrons. The Bertz CT molecular complexity index is 811. The van der Waals surface area contributed by atoms with Crippen molar-refractivity contribution in [2.45, 2.75) is 37.4 Å². The Labute approximate surface area is 160 Å². The molecule has 4 rings (SSSR count). The van der Waals surface area contributed by atoms with E-state index in [-0.39, 0.29) is 41.8 Å². The minimum absolute atomic E-state index is 0.00411. The Morgan fingerprint density at radius 3 is 2.68 bits per heavy atom. The second-order valence-corrected chi connectivity index (χ2v) is 7.58. The van der Waals surface area contributed by atoms with Crippen LogP contribution in [0.15, 0.2) is 12.1 Å². The van der Waals surface area contributed by atoms with Crippen molar-refractivity contribution in [2.24, 2.45) is 0 Å². The van der Waals surface area contributed by atoms with E-state index in [0.717, 1.165) is 0 Å². The molecule has 0 spiro atoms. The number of nitrogens with zero attached hydrogens (tertiary/aromatic N) is 1. The van der Waals surface area contributed by atoms with Crippen LogP contribution in [0.3, 0.4) is 0 Å².